The van der Waals surface area contributed by atoms with E-state index in [-0.39, 0.29) is 11.5 Å². The molecule has 2 N–H and O–H groups in total. The molecule has 2 aromatic carbocycles. The summed E-state index contributed by atoms with van der Waals surface area (Å²) >= 11 is 0. The second kappa shape index (κ2) is 11.0. The first-order chi connectivity index (χ1) is 13.6. The predicted molar refractivity (Wildman–Crippen MR) is 105 cm³/mol. The fourth-order valence-corrected chi connectivity index (χ4v) is 2.65. The molecule has 0 aromatic heterocycles. The first kappa shape index (κ1) is 21.3. The first-order valence-electron chi connectivity index (χ1n) is 8.75. The van der Waals surface area contributed by atoms with Gasteiger partial charge in [-0.05, 0) is 35.7 Å². The molecule has 0 saturated heterocycles. The van der Waals surface area contributed by atoms with Crippen LogP contribution in [-0.2, 0) is 13.0 Å². The van der Waals surface area contributed by atoms with Crippen molar-refractivity contribution >= 4 is 5.96 Å². The Morgan fingerprint density at radius 2 is 1.75 bits per heavy atom. The SMILES string of the molecule is CN=C(NCCc1ccccc1OC)NCc1ccc(OC)c(OC(F)F)c1. The number of alkyl halides is 2. The Morgan fingerprint density at radius 1 is 1.00 bits per heavy atom. The van der Waals surface area contributed by atoms with Gasteiger partial charge in [0.2, 0.25) is 0 Å². The van der Waals surface area contributed by atoms with E-state index in [4.69, 9.17) is 9.47 Å². The van der Waals surface area contributed by atoms with Crippen LogP contribution in [-0.4, -0.2) is 40.4 Å². The summed E-state index contributed by atoms with van der Waals surface area (Å²) in [5.74, 6) is 1.69. The molecule has 8 heteroatoms. The van der Waals surface area contributed by atoms with Gasteiger partial charge in [0, 0.05) is 20.1 Å². The minimum atomic E-state index is -2.92. The molecule has 0 saturated carbocycles. The average Bonchev–Trinajstić information content (AvgIpc) is 2.70. The van der Waals surface area contributed by atoms with Crippen LogP contribution in [0.15, 0.2) is 47.5 Å². The smallest absolute Gasteiger partial charge is 0.387 e. The maximum absolute atomic E-state index is 12.5. The average molecular weight is 393 g/mol. The van der Waals surface area contributed by atoms with Gasteiger partial charge >= 0.3 is 6.61 Å². The van der Waals surface area contributed by atoms with Crippen molar-refractivity contribution in [1.82, 2.24) is 10.6 Å². The van der Waals surface area contributed by atoms with Crippen molar-refractivity contribution in [3.8, 4) is 17.2 Å². The Balaban J connectivity index is 1.89. The number of guanidine groups is 1. The monoisotopic (exact) mass is 393 g/mol. The number of methoxy groups -OCH3 is 2. The third kappa shape index (κ3) is 6.29. The summed E-state index contributed by atoms with van der Waals surface area (Å²) in [5, 5.41) is 6.36. The Labute approximate surface area is 163 Å². The number of benzene rings is 2. The number of rotatable bonds is 9. The Kier molecular flexibility index (Phi) is 8.33. The van der Waals surface area contributed by atoms with Gasteiger partial charge < -0.3 is 24.8 Å². The van der Waals surface area contributed by atoms with Crippen LogP contribution in [0.3, 0.4) is 0 Å². The quantitative estimate of drug-likeness (QED) is 0.506. The van der Waals surface area contributed by atoms with Gasteiger partial charge in [0.15, 0.2) is 17.5 Å². The van der Waals surface area contributed by atoms with Gasteiger partial charge in [0.1, 0.15) is 5.75 Å². The highest BCUT2D eigenvalue weighted by Crippen LogP contribution is 2.29. The molecule has 28 heavy (non-hydrogen) atoms. The number of ether oxygens (including phenoxy) is 3. The lowest BCUT2D eigenvalue weighted by Crippen LogP contribution is -2.37. The molecule has 0 fully saturated rings. The number of nitrogens with zero attached hydrogens (tertiary/aromatic N) is 1. The van der Waals surface area contributed by atoms with Crippen LogP contribution in [0.5, 0.6) is 17.2 Å². The zero-order valence-electron chi connectivity index (χ0n) is 16.2. The van der Waals surface area contributed by atoms with Crippen molar-refractivity contribution in [2.75, 3.05) is 27.8 Å². The normalized spacial score (nSPS) is 11.3. The molecular weight excluding hydrogens is 368 g/mol. The van der Waals surface area contributed by atoms with Gasteiger partial charge in [0.25, 0.3) is 0 Å². The van der Waals surface area contributed by atoms with E-state index in [9.17, 15) is 8.78 Å². The van der Waals surface area contributed by atoms with Crippen LogP contribution < -0.4 is 24.8 Å². The molecule has 0 heterocycles. The van der Waals surface area contributed by atoms with Gasteiger partial charge in [-0.2, -0.15) is 8.78 Å². The fourth-order valence-electron chi connectivity index (χ4n) is 2.65. The third-order valence-electron chi connectivity index (χ3n) is 4.01. The zero-order chi connectivity index (χ0) is 20.4. The molecule has 0 aliphatic heterocycles. The second-order valence-corrected chi connectivity index (χ2v) is 5.78. The third-order valence-corrected chi connectivity index (χ3v) is 4.01. The molecule has 0 aliphatic rings. The van der Waals surface area contributed by atoms with Crippen LogP contribution in [0.25, 0.3) is 0 Å². The number of halogens is 2. The lowest BCUT2D eigenvalue weighted by Gasteiger charge is -2.14. The standard InChI is InChI=1S/C20H25F2N3O3/c1-23-20(24-11-10-15-6-4-5-7-16(15)26-2)25-13-14-8-9-17(27-3)18(12-14)28-19(21)22/h4-9,12,19H,10-11,13H2,1-3H3,(H2,23,24,25). The summed E-state index contributed by atoms with van der Waals surface area (Å²) in [7, 11) is 4.71. The number of hydrogen-bond donors (Lipinski definition) is 2. The first-order valence-corrected chi connectivity index (χ1v) is 8.75. The fraction of sp³-hybridized carbons (Fsp3) is 0.350. The minimum Gasteiger partial charge on any atom is -0.496 e. The topological polar surface area (TPSA) is 64.1 Å². The number of para-hydroxylation sites is 1. The molecule has 6 nitrogen and oxygen atoms in total. The van der Waals surface area contributed by atoms with Gasteiger partial charge in [-0.3, -0.25) is 4.99 Å². The molecule has 0 atom stereocenters. The molecule has 0 radical (unpaired) electrons. The maximum Gasteiger partial charge on any atom is 0.387 e. The van der Waals surface area contributed by atoms with Gasteiger partial charge in [-0.15, -0.1) is 0 Å². The summed E-state index contributed by atoms with van der Waals surface area (Å²) in [6.45, 7) is -1.87. The van der Waals surface area contributed by atoms with E-state index in [2.05, 4.69) is 20.4 Å². The summed E-state index contributed by atoms with van der Waals surface area (Å²) in [6.07, 6.45) is 0.764. The minimum absolute atomic E-state index is 0.00378. The van der Waals surface area contributed by atoms with E-state index >= 15 is 0 Å². The summed E-state index contributed by atoms with van der Waals surface area (Å²) in [5.41, 5.74) is 1.85. The van der Waals surface area contributed by atoms with Gasteiger partial charge in [0.05, 0.1) is 14.2 Å². The molecule has 0 aliphatic carbocycles. The molecule has 0 bridgehead atoms. The summed E-state index contributed by atoms with van der Waals surface area (Å²) in [4.78, 5) is 4.17. The summed E-state index contributed by atoms with van der Waals surface area (Å²) < 4.78 is 40.0. The highest BCUT2D eigenvalue weighted by molar-refractivity contribution is 5.79. The van der Waals surface area contributed by atoms with Crippen molar-refractivity contribution in [3.05, 3.63) is 53.6 Å². The number of nitrogens with one attached hydrogen (secondary N) is 2. The molecule has 152 valence electrons. The zero-order valence-corrected chi connectivity index (χ0v) is 16.2. The lowest BCUT2D eigenvalue weighted by atomic mass is 10.1. The predicted octanol–water partition coefficient (Wildman–Crippen LogP) is 3.21. The highest BCUT2D eigenvalue weighted by atomic mass is 19.3. The van der Waals surface area contributed by atoms with Crippen LogP contribution in [0.2, 0.25) is 0 Å². The molecule has 0 amide bonds. The number of aliphatic imine (C=N–C) groups is 1. The lowest BCUT2D eigenvalue weighted by molar-refractivity contribution is -0.0512. The largest absolute Gasteiger partial charge is 0.496 e. The van der Waals surface area contributed by atoms with E-state index in [1.54, 1.807) is 26.3 Å². The molecule has 2 rings (SSSR count). The van der Waals surface area contributed by atoms with E-state index in [1.165, 1.54) is 13.2 Å². The van der Waals surface area contributed by atoms with E-state index in [0.29, 0.717) is 19.0 Å². The van der Waals surface area contributed by atoms with Crippen molar-refractivity contribution in [3.63, 3.8) is 0 Å². The summed E-state index contributed by atoms with van der Waals surface area (Å²) in [6, 6.07) is 12.7. The highest BCUT2D eigenvalue weighted by Gasteiger charge is 2.11. The van der Waals surface area contributed by atoms with Crippen LogP contribution >= 0.6 is 0 Å². The van der Waals surface area contributed by atoms with Crippen molar-refractivity contribution in [2.45, 2.75) is 19.6 Å². The van der Waals surface area contributed by atoms with Crippen molar-refractivity contribution < 1.29 is 23.0 Å². The van der Waals surface area contributed by atoms with Crippen LogP contribution in [0, 0.1) is 0 Å². The second-order valence-electron chi connectivity index (χ2n) is 5.78. The molecule has 0 spiro atoms. The molecular formula is C20H25F2N3O3. The maximum atomic E-state index is 12.5. The van der Waals surface area contributed by atoms with Crippen molar-refractivity contribution in [1.29, 1.82) is 0 Å². The van der Waals surface area contributed by atoms with Gasteiger partial charge in [-0.25, -0.2) is 0 Å². The van der Waals surface area contributed by atoms with Crippen molar-refractivity contribution in [2.24, 2.45) is 4.99 Å². The van der Waals surface area contributed by atoms with Gasteiger partial charge in [-0.1, -0.05) is 24.3 Å². The van der Waals surface area contributed by atoms with Crippen LogP contribution in [0.4, 0.5) is 8.78 Å². The van der Waals surface area contributed by atoms with E-state index < -0.39 is 6.61 Å². The number of hydrogen-bond acceptors (Lipinski definition) is 4. The Bertz CT molecular complexity index is 785. The Hall–Kier alpha value is -3.03. The van der Waals surface area contributed by atoms with E-state index in [0.717, 1.165) is 23.3 Å². The van der Waals surface area contributed by atoms with E-state index in [1.807, 2.05) is 24.3 Å². The molecule has 2 aromatic rings. The van der Waals surface area contributed by atoms with Crippen LogP contribution in [0.1, 0.15) is 11.1 Å². The molecule has 0 unspecified atom stereocenters. The Morgan fingerprint density at radius 3 is 2.43 bits per heavy atom.